The first-order chi connectivity index (χ1) is 10.6. The second-order valence-corrected chi connectivity index (χ2v) is 6.04. The molecule has 2 aromatic rings. The molecule has 1 saturated heterocycles. The maximum absolute atomic E-state index is 12.2. The lowest BCUT2D eigenvalue weighted by Crippen LogP contribution is -3.13. The van der Waals surface area contributed by atoms with Gasteiger partial charge in [0.25, 0.3) is 5.56 Å². The number of quaternary nitrogens is 1. The molecule has 22 heavy (non-hydrogen) atoms. The Hall–Kier alpha value is -2.21. The number of nitrogens with two attached hydrogens (primary N) is 1. The topological polar surface area (TPSA) is 93.3 Å². The molecule has 1 aliphatic rings. The van der Waals surface area contributed by atoms with Gasteiger partial charge in [-0.25, -0.2) is 4.98 Å². The summed E-state index contributed by atoms with van der Waals surface area (Å²) in [5.74, 6) is 0.353. The molecule has 2 heterocycles. The van der Waals surface area contributed by atoms with Gasteiger partial charge in [0.05, 0.1) is 29.9 Å². The van der Waals surface area contributed by atoms with Crippen molar-refractivity contribution in [2.45, 2.75) is 25.8 Å². The quantitative estimate of drug-likeness (QED) is 0.731. The molecule has 3 atom stereocenters. The molecule has 4 N–H and O–H groups in total. The third kappa shape index (κ3) is 2.74. The van der Waals surface area contributed by atoms with Crippen LogP contribution >= 0.6 is 0 Å². The number of H-pyrrole nitrogens is 1. The molecular formula is C16H21N4O2+. The van der Waals surface area contributed by atoms with E-state index in [1.807, 2.05) is 25.1 Å². The van der Waals surface area contributed by atoms with Crippen molar-refractivity contribution >= 4 is 16.8 Å². The van der Waals surface area contributed by atoms with E-state index in [0.29, 0.717) is 23.3 Å². The van der Waals surface area contributed by atoms with Gasteiger partial charge in [-0.1, -0.05) is 12.1 Å². The summed E-state index contributed by atoms with van der Waals surface area (Å²) in [5.41, 5.74) is 6.03. The summed E-state index contributed by atoms with van der Waals surface area (Å²) in [6, 6.07) is 7.35. The van der Waals surface area contributed by atoms with E-state index in [0.717, 1.165) is 19.4 Å². The number of nitrogens with zero attached hydrogens (tertiary/aromatic N) is 1. The second kappa shape index (κ2) is 5.88. The number of fused-ring (bicyclic) bond motifs is 1. The average molecular weight is 301 g/mol. The average Bonchev–Trinajstić information content (AvgIpc) is 2.54. The number of aromatic amines is 1. The van der Waals surface area contributed by atoms with Gasteiger partial charge in [-0.05, 0) is 31.9 Å². The molecule has 1 unspecified atom stereocenters. The van der Waals surface area contributed by atoms with Crippen LogP contribution in [0.3, 0.4) is 0 Å². The number of amides is 1. The van der Waals surface area contributed by atoms with Crippen LogP contribution in [-0.2, 0) is 4.79 Å². The molecule has 1 aromatic carbocycles. The van der Waals surface area contributed by atoms with Gasteiger partial charge in [-0.15, -0.1) is 0 Å². The van der Waals surface area contributed by atoms with E-state index in [1.54, 1.807) is 6.07 Å². The maximum atomic E-state index is 12.2. The third-order valence-electron chi connectivity index (χ3n) is 4.62. The van der Waals surface area contributed by atoms with E-state index in [-0.39, 0.29) is 23.4 Å². The first kappa shape index (κ1) is 14.7. The summed E-state index contributed by atoms with van der Waals surface area (Å²) >= 11 is 0. The zero-order chi connectivity index (χ0) is 15.7. The standard InChI is InChI=1S/C16H20N4O2/c1-10(20-8-4-5-11(9-20)14(17)21)15-18-13-7-3-2-6-12(13)16(22)19-15/h2-3,6-7,10-11H,4-5,8-9H2,1H3,(H2,17,21)(H,18,19,22)/p+1/t10-,11+/m1/s1. The van der Waals surface area contributed by atoms with E-state index >= 15 is 0 Å². The normalized spacial score (nSPS) is 23.3. The number of rotatable bonds is 3. The fourth-order valence-corrected chi connectivity index (χ4v) is 3.24. The number of para-hydroxylation sites is 1. The molecule has 6 nitrogen and oxygen atoms in total. The lowest BCUT2D eigenvalue weighted by Gasteiger charge is -2.32. The minimum absolute atomic E-state index is 0.0273. The number of carbonyl (C=O) groups is 1. The highest BCUT2D eigenvalue weighted by molar-refractivity contribution is 5.77. The Morgan fingerprint density at radius 1 is 1.45 bits per heavy atom. The van der Waals surface area contributed by atoms with Gasteiger partial charge in [0.1, 0.15) is 6.04 Å². The predicted molar refractivity (Wildman–Crippen MR) is 83.4 cm³/mol. The Bertz CT molecular complexity index is 755. The van der Waals surface area contributed by atoms with Crippen molar-refractivity contribution in [2.75, 3.05) is 13.1 Å². The summed E-state index contributed by atoms with van der Waals surface area (Å²) in [7, 11) is 0. The van der Waals surface area contributed by atoms with E-state index < -0.39 is 0 Å². The molecule has 0 aliphatic carbocycles. The van der Waals surface area contributed by atoms with Crippen LogP contribution in [0.4, 0.5) is 0 Å². The highest BCUT2D eigenvalue weighted by Crippen LogP contribution is 2.12. The molecule has 1 amide bonds. The number of hydrogen-bond acceptors (Lipinski definition) is 3. The lowest BCUT2D eigenvalue weighted by molar-refractivity contribution is -0.937. The highest BCUT2D eigenvalue weighted by Gasteiger charge is 2.31. The van der Waals surface area contributed by atoms with Crippen molar-refractivity contribution < 1.29 is 9.69 Å². The number of aromatic nitrogens is 2. The monoisotopic (exact) mass is 301 g/mol. The highest BCUT2D eigenvalue weighted by atomic mass is 16.1. The molecule has 0 saturated carbocycles. The summed E-state index contributed by atoms with van der Waals surface area (Å²) in [6.07, 6.45) is 1.82. The van der Waals surface area contributed by atoms with E-state index in [1.165, 1.54) is 4.90 Å². The van der Waals surface area contributed by atoms with Crippen molar-refractivity contribution in [1.82, 2.24) is 9.97 Å². The van der Waals surface area contributed by atoms with Crippen molar-refractivity contribution in [1.29, 1.82) is 0 Å². The van der Waals surface area contributed by atoms with Crippen molar-refractivity contribution in [2.24, 2.45) is 11.7 Å². The fraction of sp³-hybridized carbons (Fsp3) is 0.438. The smallest absolute Gasteiger partial charge is 0.258 e. The van der Waals surface area contributed by atoms with Gasteiger partial charge in [0, 0.05) is 0 Å². The number of nitrogens with one attached hydrogen (secondary N) is 2. The molecular weight excluding hydrogens is 280 g/mol. The Labute approximate surface area is 128 Å². The minimum atomic E-state index is -0.232. The van der Waals surface area contributed by atoms with Crippen LogP contribution in [-0.4, -0.2) is 29.0 Å². The van der Waals surface area contributed by atoms with Gasteiger partial charge >= 0.3 is 0 Å². The first-order valence-corrected chi connectivity index (χ1v) is 7.69. The maximum Gasteiger partial charge on any atom is 0.258 e. The van der Waals surface area contributed by atoms with Crippen LogP contribution in [0, 0.1) is 5.92 Å². The second-order valence-electron chi connectivity index (χ2n) is 6.04. The number of hydrogen-bond donors (Lipinski definition) is 3. The van der Waals surface area contributed by atoms with Crippen LogP contribution in [0.1, 0.15) is 31.6 Å². The Morgan fingerprint density at radius 2 is 2.23 bits per heavy atom. The van der Waals surface area contributed by atoms with Crippen molar-refractivity contribution in [3.05, 3.63) is 40.4 Å². The molecule has 3 rings (SSSR count). The van der Waals surface area contributed by atoms with Crippen LogP contribution in [0.5, 0.6) is 0 Å². The molecule has 1 aliphatic heterocycles. The van der Waals surface area contributed by atoms with Crippen LogP contribution in [0.2, 0.25) is 0 Å². The number of piperidine rings is 1. The Morgan fingerprint density at radius 3 is 3.00 bits per heavy atom. The number of benzene rings is 1. The molecule has 0 bridgehead atoms. The van der Waals surface area contributed by atoms with E-state index in [9.17, 15) is 9.59 Å². The van der Waals surface area contributed by atoms with Crippen LogP contribution in [0.25, 0.3) is 10.9 Å². The molecule has 1 aromatic heterocycles. The van der Waals surface area contributed by atoms with Crippen LogP contribution < -0.4 is 16.2 Å². The van der Waals surface area contributed by atoms with Gasteiger partial charge < -0.3 is 15.6 Å². The summed E-state index contributed by atoms with van der Waals surface area (Å²) < 4.78 is 0. The fourth-order valence-electron chi connectivity index (χ4n) is 3.24. The molecule has 1 fully saturated rings. The number of likely N-dealkylation sites (tertiary alicyclic amines) is 1. The number of carbonyl (C=O) groups excluding carboxylic acids is 1. The largest absolute Gasteiger partial charge is 0.369 e. The zero-order valence-corrected chi connectivity index (χ0v) is 12.6. The summed E-state index contributed by atoms with van der Waals surface area (Å²) in [5, 5.41) is 0.599. The summed E-state index contributed by atoms with van der Waals surface area (Å²) in [6.45, 7) is 3.69. The van der Waals surface area contributed by atoms with Crippen molar-refractivity contribution in [3.8, 4) is 0 Å². The molecule has 0 spiro atoms. The zero-order valence-electron chi connectivity index (χ0n) is 12.6. The van der Waals surface area contributed by atoms with Gasteiger partial charge in [-0.3, -0.25) is 9.59 Å². The lowest BCUT2D eigenvalue weighted by atomic mass is 9.96. The molecule has 6 heteroatoms. The SMILES string of the molecule is C[C@H](c1nc2ccccc2c(=O)[nH]1)[NH+]1CCC[C@H](C(N)=O)C1. The number of primary amides is 1. The van der Waals surface area contributed by atoms with Gasteiger partial charge in [-0.2, -0.15) is 0 Å². The van der Waals surface area contributed by atoms with Gasteiger partial charge in [0.15, 0.2) is 5.82 Å². The third-order valence-corrected chi connectivity index (χ3v) is 4.62. The van der Waals surface area contributed by atoms with Crippen molar-refractivity contribution in [3.63, 3.8) is 0 Å². The Kier molecular flexibility index (Phi) is 3.94. The summed E-state index contributed by atoms with van der Waals surface area (Å²) in [4.78, 5) is 32.3. The molecule has 116 valence electrons. The van der Waals surface area contributed by atoms with Crippen LogP contribution in [0.15, 0.2) is 29.1 Å². The first-order valence-electron chi connectivity index (χ1n) is 7.69. The predicted octanol–water partition coefficient (Wildman–Crippen LogP) is -0.236. The molecule has 0 radical (unpaired) electrons. The van der Waals surface area contributed by atoms with Gasteiger partial charge in [0.2, 0.25) is 5.91 Å². The Balaban J connectivity index is 1.90. The van der Waals surface area contributed by atoms with E-state index in [2.05, 4.69) is 9.97 Å². The van der Waals surface area contributed by atoms with E-state index in [4.69, 9.17) is 5.73 Å². The minimum Gasteiger partial charge on any atom is -0.369 e.